The van der Waals surface area contributed by atoms with E-state index in [-0.39, 0.29) is 31.5 Å². The fraction of sp³-hybridized carbons (Fsp3) is 0.167. The van der Waals surface area contributed by atoms with Gasteiger partial charge >= 0.3 is 0 Å². The number of amides is 2. The third kappa shape index (κ3) is 5.03. The Bertz CT molecular complexity index is 1170. The maximum absolute atomic E-state index is 13.5. The summed E-state index contributed by atoms with van der Waals surface area (Å²) in [6.45, 7) is 0.790. The first-order valence-electron chi connectivity index (χ1n) is 9.93. The van der Waals surface area contributed by atoms with Crippen molar-refractivity contribution in [3.63, 3.8) is 0 Å². The fourth-order valence-electron chi connectivity index (χ4n) is 3.48. The molecule has 0 unspecified atom stereocenters. The van der Waals surface area contributed by atoms with Gasteiger partial charge in [0, 0.05) is 29.4 Å². The topological polar surface area (TPSA) is 49.9 Å². The smallest absolute Gasteiger partial charge is 0.254 e. The molecule has 1 aliphatic rings. The number of anilines is 1. The van der Waals surface area contributed by atoms with Crippen LogP contribution in [0.5, 0.6) is 5.75 Å². The van der Waals surface area contributed by atoms with Gasteiger partial charge in [-0.05, 0) is 54.1 Å². The molecule has 32 heavy (non-hydrogen) atoms. The van der Waals surface area contributed by atoms with Gasteiger partial charge in [-0.15, -0.1) is 0 Å². The van der Waals surface area contributed by atoms with Crippen LogP contribution >= 0.6 is 23.2 Å². The van der Waals surface area contributed by atoms with E-state index in [1.807, 2.05) is 12.1 Å². The maximum atomic E-state index is 13.5. The number of carbonyl (C=O) groups is 2. The van der Waals surface area contributed by atoms with Gasteiger partial charge in [-0.1, -0.05) is 41.4 Å². The van der Waals surface area contributed by atoms with Crippen LogP contribution in [0.15, 0.2) is 66.7 Å². The lowest BCUT2D eigenvalue weighted by atomic mass is 10.1. The standard InChI is InChI=1S/C24H19Cl2FN2O3/c25-18-4-1-3-16(11-18)15-32-22-8-7-17(12-21(22)26)24(31)28-9-10-29(23(30)14-28)20-6-2-5-19(27)13-20/h1-8,11-13H,9-10,14-15H2. The number of halogens is 3. The molecule has 3 aromatic carbocycles. The minimum atomic E-state index is -0.416. The zero-order chi connectivity index (χ0) is 22.7. The van der Waals surface area contributed by atoms with Crippen LogP contribution < -0.4 is 9.64 Å². The van der Waals surface area contributed by atoms with Gasteiger partial charge in [-0.2, -0.15) is 0 Å². The minimum Gasteiger partial charge on any atom is -0.487 e. The largest absolute Gasteiger partial charge is 0.487 e. The Morgan fingerprint density at radius 2 is 1.81 bits per heavy atom. The first kappa shape index (κ1) is 22.1. The highest BCUT2D eigenvalue weighted by Crippen LogP contribution is 2.28. The van der Waals surface area contributed by atoms with E-state index in [0.717, 1.165) is 5.56 Å². The lowest BCUT2D eigenvalue weighted by molar-refractivity contribution is -0.120. The molecular weight excluding hydrogens is 454 g/mol. The fourth-order valence-corrected chi connectivity index (χ4v) is 3.93. The minimum absolute atomic E-state index is 0.0972. The molecular formula is C24H19Cl2FN2O3. The summed E-state index contributed by atoms with van der Waals surface area (Å²) in [7, 11) is 0. The monoisotopic (exact) mass is 472 g/mol. The summed E-state index contributed by atoms with van der Waals surface area (Å²) >= 11 is 12.3. The molecule has 1 heterocycles. The van der Waals surface area contributed by atoms with Gasteiger partial charge in [0.25, 0.3) is 5.91 Å². The zero-order valence-corrected chi connectivity index (χ0v) is 18.4. The molecule has 2 amide bonds. The highest BCUT2D eigenvalue weighted by atomic mass is 35.5. The summed E-state index contributed by atoms with van der Waals surface area (Å²) in [6, 6.07) is 17.9. The van der Waals surface area contributed by atoms with E-state index in [2.05, 4.69) is 0 Å². The number of hydrogen-bond acceptors (Lipinski definition) is 3. The molecule has 0 aliphatic carbocycles. The van der Waals surface area contributed by atoms with Gasteiger partial charge in [0.1, 0.15) is 24.7 Å². The number of rotatable bonds is 5. The second-order valence-electron chi connectivity index (χ2n) is 7.32. The maximum Gasteiger partial charge on any atom is 0.254 e. The van der Waals surface area contributed by atoms with Crippen molar-refractivity contribution in [2.45, 2.75) is 6.61 Å². The van der Waals surface area contributed by atoms with Crippen LogP contribution in [0.25, 0.3) is 0 Å². The second-order valence-corrected chi connectivity index (χ2v) is 8.16. The van der Waals surface area contributed by atoms with Crippen LogP contribution in [0.3, 0.4) is 0 Å². The van der Waals surface area contributed by atoms with Crippen LogP contribution in [0.2, 0.25) is 10.0 Å². The van der Waals surface area contributed by atoms with Crippen molar-refractivity contribution in [1.82, 2.24) is 4.90 Å². The van der Waals surface area contributed by atoms with Crippen molar-refractivity contribution in [3.8, 4) is 5.75 Å². The molecule has 5 nitrogen and oxygen atoms in total. The van der Waals surface area contributed by atoms with Crippen molar-refractivity contribution in [2.75, 3.05) is 24.5 Å². The van der Waals surface area contributed by atoms with Crippen LogP contribution in [-0.4, -0.2) is 36.3 Å². The van der Waals surface area contributed by atoms with E-state index in [0.29, 0.717) is 33.6 Å². The number of piperazine rings is 1. The summed E-state index contributed by atoms with van der Waals surface area (Å²) in [5, 5.41) is 0.910. The van der Waals surface area contributed by atoms with E-state index >= 15 is 0 Å². The van der Waals surface area contributed by atoms with E-state index in [1.54, 1.807) is 36.4 Å². The Morgan fingerprint density at radius 1 is 1.00 bits per heavy atom. The summed E-state index contributed by atoms with van der Waals surface area (Å²) in [5.74, 6) is -0.556. The molecule has 8 heteroatoms. The van der Waals surface area contributed by atoms with Gasteiger partial charge in [0.15, 0.2) is 0 Å². The predicted molar refractivity (Wildman–Crippen MR) is 122 cm³/mol. The van der Waals surface area contributed by atoms with E-state index in [4.69, 9.17) is 27.9 Å². The number of nitrogens with zero attached hydrogens (tertiary/aromatic N) is 2. The van der Waals surface area contributed by atoms with Crippen molar-refractivity contribution in [3.05, 3.63) is 93.7 Å². The van der Waals surface area contributed by atoms with Gasteiger partial charge in [0.05, 0.1) is 5.02 Å². The first-order valence-corrected chi connectivity index (χ1v) is 10.7. The highest BCUT2D eigenvalue weighted by molar-refractivity contribution is 6.32. The van der Waals surface area contributed by atoms with Gasteiger partial charge in [0.2, 0.25) is 5.91 Å². The highest BCUT2D eigenvalue weighted by Gasteiger charge is 2.29. The Labute approximate surface area is 194 Å². The summed E-state index contributed by atoms with van der Waals surface area (Å²) in [5.41, 5.74) is 1.73. The average molecular weight is 473 g/mol. The molecule has 0 aromatic heterocycles. The van der Waals surface area contributed by atoms with E-state index < -0.39 is 5.82 Å². The quantitative estimate of drug-likeness (QED) is 0.512. The molecule has 1 fully saturated rings. The number of carbonyl (C=O) groups excluding carboxylic acids is 2. The molecule has 0 radical (unpaired) electrons. The molecule has 3 aromatic rings. The normalized spacial score (nSPS) is 13.9. The number of benzene rings is 3. The van der Waals surface area contributed by atoms with Crippen LogP contribution in [0.1, 0.15) is 15.9 Å². The first-order chi connectivity index (χ1) is 15.4. The van der Waals surface area contributed by atoms with Crippen LogP contribution in [0, 0.1) is 5.82 Å². The molecule has 0 spiro atoms. The summed E-state index contributed by atoms with van der Waals surface area (Å²) in [4.78, 5) is 28.4. The Balaban J connectivity index is 1.40. The zero-order valence-electron chi connectivity index (χ0n) is 16.9. The Kier molecular flexibility index (Phi) is 6.63. The Hall–Kier alpha value is -3.09. The third-order valence-electron chi connectivity index (χ3n) is 5.09. The van der Waals surface area contributed by atoms with Crippen molar-refractivity contribution in [2.24, 2.45) is 0 Å². The lowest BCUT2D eigenvalue weighted by Gasteiger charge is -2.34. The molecule has 1 saturated heterocycles. The molecule has 164 valence electrons. The lowest BCUT2D eigenvalue weighted by Crippen LogP contribution is -2.52. The average Bonchev–Trinajstić information content (AvgIpc) is 2.77. The second kappa shape index (κ2) is 9.59. The molecule has 4 rings (SSSR count). The van der Waals surface area contributed by atoms with Gasteiger partial charge in [-0.25, -0.2) is 4.39 Å². The van der Waals surface area contributed by atoms with Gasteiger partial charge in [-0.3, -0.25) is 9.59 Å². The van der Waals surface area contributed by atoms with E-state index in [1.165, 1.54) is 28.0 Å². The van der Waals surface area contributed by atoms with Crippen molar-refractivity contribution in [1.29, 1.82) is 0 Å². The molecule has 0 bridgehead atoms. The predicted octanol–water partition coefficient (Wildman–Crippen LogP) is 5.20. The SMILES string of the molecule is O=C(c1ccc(OCc2cccc(Cl)c2)c(Cl)c1)N1CCN(c2cccc(F)c2)C(=O)C1. The van der Waals surface area contributed by atoms with Crippen molar-refractivity contribution < 1.29 is 18.7 Å². The summed E-state index contributed by atoms with van der Waals surface area (Å²) in [6.07, 6.45) is 0. The van der Waals surface area contributed by atoms with Crippen molar-refractivity contribution >= 4 is 40.7 Å². The van der Waals surface area contributed by atoms with Crippen LogP contribution in [0.4, 0.5) is 10.1 Å². The third-order valence-corrected chi connectivity index (χ3v) is 5.62. The van der Waals surface area contributed by atoms with Crippen LogP contribution in [-0.2, 0) is 11.4 Å². The summed E-state index contributed by atoms with van der Waals surface area (Å²) < 4.78 is 19.2. The van der Waals surface area contributed by atoms with E-state index in [9.17, 15) is 14.0 Å². The Morgan fingerprint density at radius 3 is 2.53 bits per heavy atom. The molecule has 1 aliphatic heterocycles. The molecule has 0 atom stereocenters. The molecule has 0 saturated carbocycles. The molecule has 0 N–H and O–H groups in total. The number of ether oxygens (including phenoxy) is 1. The van der Waals surface area contributed by atoms with Gasteiger partial charge < -0.3 is 14.5 Å². The number of hydrogen-bond donors (Lipinski definition) is 0.